The zero-order valence-electron chi connectivity index (χ0n) is 19.0. The summed E-state index contributed by atoms with van der Waals surface area (Å²) in [4.78, 5) is 57.4. The first kappa shape index (κ1) is 23.7. The lowest BCUT2D eigenvalue weighted by molar-refractivity contribution is -0.139. The molecule has 0 aliphatic carbocycles. The van der Waals surface area contributed by atoms with Gasteiger partial charge >= 0.3 is 11.9 Å². The molecule has 8 nitrogen and oxygen atoms in total. The van der Waals surface area contributed by atoms with Crippen LogP contribution < -0.4 is 0 Å². The van der Waals surface area contributed by atoms with Gasteiger partial charge in [-0.25, -0.2) is 9.59 Å². The molecule has 0 N–H and O–H groups in total. The van der Waals surface area contributed by atoms with Crippen LogP contribution in [-0.4, -0.2) is 60.9 Å². The highest BCUT2D eigenvalue weighted by Gasteiger charge is 2.48. The third-order valence-corrected chi connectivity index (χ3v) is 7.15. The third-order valence-electron chi connectivity index (χ3n) is 5.40. The fourth-order valence-corrected chi connectivity index (χ4v) is 5.62. The molecule has 0 saturated heterocycles. The number of nitrogens with zero attached hydrogens (tertiary/aromatic N) is 2. The van der Waals surface area contributed by atoms with Gasteiger partial charge in [0.05, 0.1) is 56.7 Å². The number of thiophene rings is 2. The molecule has 4 heterocycles. The number of hydrogen-bond donors (Lipinski definition) is 0. The molecule has 2 amide bonds. The summed E-state index contributed by atoms with van der Waals surface area (Å²) in [6.07, 6.45) is 0. The molecule has 2 aromatic rings. The van der Waals surface area contributed by atoms with Crippen molar-refractivity contribution in [2.24, 2.45) is 0 Å². The molecule has 0 spiro atoms. The highest BCUT2D eigenvalue weighted by atomic mass is 32.1. The summed E-state index contributed by atoms with van der Waals surface area (Å²) in [7, 11) is 3.06. The van der Waals surface area contributed by atoms with Gasteiger partial charge in [-0.1, -0.05) is 12.1 Å². The average molecular weight is 499 g/mol. The highest BCUT2D eigenvalue weighted by Crippen LogP contribution is 2.45. The number of rotatable bonds is 6. The molecular formula is C24H22N2O6S2. The Labute approximate surface area is 204 Å². The van der Waals surface area contributed by atoms with Crippen LogP contribution in [0.1, 0.15) is 23.6 Å². The van der Waals surface area contributed by atoms with E-state index in [2.05, 4.69) is 0 Å². The predicted molar refractivity (Wildman–Crippen MR) is 128 cm³/mol. The van der Waals surface area contributed by atoms with Gasteiger partial charge in [0.2, 0.25) is 0 Å². The van der Waals surface area contributed by atoms with Crippen LogP contribution in [0.3, 0.4) is 0 Å². The number of hydrogen-bond acceptors (Lipinski definition) is 8. The maximum atomic E-state index is 13.6. The summed E-state index contributed by atoms with van der Waals surface area (Å²) >= 11 is 2.69. The molecule has 2 aliphatic rings. The van der Waals surface area contributed by atoms with E-state index in [0.717, 1.165) is 0 Å². The second-order valence-corrected chi connectivity index (χ2v) is 9.22. The van der Waals surface area contributed by atoms with Gasteiger partial charge in [0.1, 0.15) is 0 Å². The molecule has 34 heavy (non-hydrogen) atoms. The van der Waals surface area contributed by atoms with Crippen LogP contribution in [0.2, 0.25) is 0 Å². The number of carbonyl (C=O) groups is 4. The maximum Gasteiger partial charge on any atom is 0.341 e. The van der Waals surface area contributed by atoms with Gasteiger partial charge in [-0.3, -0.25) is 9.59 Å². The van der Waals surface area contributed by atoms with Gasteiger partial charge in [0, 0.05) is 14.1 Å². The zero-order valence-corrected chi connectivity index (χ0v) is 20.7. The predicted octanol–water partition coefficient (Wildman–Crippen LogP) is 3.30. The Kier molecular flexibility index (Phi) is 6.54. The summed E-state index contributed by atoms with van der Waals surface area (Å²) in [6.45, 7) is 3.47. The Morgan fingerprint density at radius 3 is 1.44 bits per heavy atom. The minimum absolute atomic E-state index is 0.0391. The van der Waals surface area contributed by atoms with E-state index in [4.69, 9.17) is 9.47 Å². The Balaban J connectivity index is 2.09. The Bertz CT molecular complexity index is 1170. The third kappa shape index (κ3) is 3.68. The van der Waals surface area contributed by atoms with Crippen molar-refractivity contribution in [3.8, 4) is 0 Å². The van der Waals surface area contributed by atoms with Crippen LogP contribution >= 0.6 is 22.7 Å². The zero-order chi connectivity index (χ0) is 24.6. The smallest absolute Gasteiger partial charge is 0.341 e. The van der Waals surface area contributed by atoms with E-state index in [1.165, 1.54) is 46.6 Å². The molecule has 0 saturated carbocycles. The maximum absolute atomic E-state index is 13.6. The van der Waals surface area contributed by atoms with E-state index in [9.17, 15) is 19.2 Å². The van der Waals surface area contributed by atoms with Gasteiger partial charge in [-0.05, 0) is 36.7 Å². The molecule has 0 atom stereocenters. The molecule has 2 aliphatic heterocycles. The van der Waals surface area contributed by atoms with Crippen LogP contribution in [-0.2, 0) is 28.7 Å². The minimum atomic E-state index is -0.741. The first-order valence-corrected chi connectivity index (χ1v) is 12.3. The molecule has 10 heteroatoms. The van der Waals surface area contributed by atoms with Crippen LogP contribution in [0.4, 0.5) is 0 Å². The minimum Gasteiger partial charge on any atom is -0.462 e. The van der Waals surface area contributed by atoms with Crippen LogP contribution in [0.5, 0.6) is 0 Å². The normalized spacial score (nSPS) is 18.5. The topological polar surface area (TPSA) is 93.2 Å². The summed E-state index contributed by atoms with van der Waals surface area (Å²) < 4.78 is 10.6. The van der Waals surface area contributed by atoms with Crippen LogP contribution in [0.25, 0.3) is 11.4 Å². The first-order chi connectivity index (χ1) is 16.3. The molecule has 0 radical (unpaired) electrons. The number of likely N-dealkylation sites (N-methyl/N-ethyl adjacent to an activating group) is 2. The van der Waals surface area contributed by atoms with Crippen molar-refractivity contribution in [3.63, 3.8) is 0 Å². The SMILES string of the molecule is CCOC(=O)C1=C(c2cccs2)N(C)C(=O)/C1=C1/C(=O)N(C)C(c2cccs2)=C1C(=O)OCC. The lowest BCUT2D eigenvalue weighted by atomic mass is 9.94. The van der Waals surface area contributed by atoms with Gasteiger partial charge < -0.3 is 19.3 Å². The summed E-state index contributed by atoms with van der Waals surface area (Å²) in [5, 5.41) is 3.64. The van der Waals surface area contributed by atoms with Crippen LogP contribution in [0.15, 0.2) is 57.3 Å². The summed E-state index contributed by atoms with van der Waals surface area (Å²) in [5.41, 5.74) is 0.283. The number of amides is 2. The Morgan fingerprint density at radius 1 is 0.765 bits per heavy atom. The number of ether oxygens (including phenoxy) is 2. The number of esters is 2. The average Bonchev–Trinajstić information content (AvgIpc) is 3.59. The van der Waals surface area contributed by atoms with Crippen molar-refractivity contribution >= 4 is 57.8 Å². The molecule has 176 valence electrons. The van der Waals surface area contributed by atoms with Crippen molar-refractivity contribution in [2.45, 2.75) is 13.8 Å². The van der Waals surface area contributed by atoms with Crippen molar-refractivity contribution in [2.75, 3.05) is 27.3 Å². The second kappa shape index (κ2) is 9.40. The van der Waals surface area contributed by atoms with Gasteiger partial charge in [0.25, 0.3) is 11.8 Å². The molecule has 0 bridgehead atoms. The van der Waals surface area contributed by atoms with E-state index < -0.39 is 23.8 Å². The second-order valence-electron chi connectivity index (χ2n) is 7.32. The van der Waals surface area contributed by atoms with E-state index in [0.29, 0.717) is 21.1 Å². The van der Waals surface area contributed by atoms with E-state index >= 15 is 0 Å². The molecule has 4 rings (SSSR count). The fraction of sp³-hybridized carbons (Fsp3) is 0.250. The summed E-state index contributed by atoms with van der Waals surface area (Å²) in [5.74, 6) is -2.63. The lowest BCUT2D eigenvalue weighted by Gasteiger charge is -2.13. The highest BCUT2D eigenvalue weighted by molar-refractivity contribution is 7.11. The molecule has 2 aromatic heterocycles. The van der Waals surface area contributed by atoms with Gasteiger partial charge in [0.15, 0.2) is 0 Å². The van der Waals surface area contributed by atoms with Crippen molar-refractivity contribution < 1.29 is 28.7 Å². The first-order valence-electron chi connectivity index (χ1n) is 10.5. The van der Waals surface area contributed by atoms with Crippen molar-refractivity contribution in [1.82, 2.24) is 9.80 Å². The fourth-order valence-electron chi connectivity index (χ4n) is 4.00. The van der Waals surface area contributed by atoms with Gasteiger partial charge in [-0.2, -0.15) is 0 Å². The monoisotopic (exact) mass is 498 g/mol. The Morgan fingerprint density at radius 2 is 1.15 bits per heavy atom. The van der Waals surface area contributed by atoms with Crippen LogP contribution in [0, 0.1) is 0 Å². The van der Waals surface area contributed by atoms with Gasteiger partial charge in [-0.15, -0.1) is 22.7 Å². The molecule has 0 unspecified atom stereocenters. The Hall–Kier alpha value is -3.50. The van der Waals surface area contributed by atoms with E-state index in [1.54, 1.807) is 38.1 Å². The van der Waals surface area contributed by atoms with Crippen molar-refractivity contribution in [1.29, 1.82) is 0 Å². The quantitative estimate of drug-likeness (QED) is 0.448. The molecular weight excluding hydrogens is 476 g/mol. The largest absolute Gasteiger partial charge is 0.462 e. The summed E-state index contributed by atoms with van der Waals surface area (Å²) in [6, 6.07) is 7.15. The van der Waals surface area contributed by atoms with E-state index in [-0.39, 0.29) is 35.5 Å². The lowest BCUT2D eigenvalue weighted by Crippen LogP contribution is -2.25. The van der Waals surface area contributed by atoms with Crippen molar-refractivity contribution in [3.05, 3.63) is 67.1 Å². The van der Waals surface area contributed by atoms with E-state index in [1.807, 2.05) is 10.8 Å². The standard InChI is InChI=1S/C24H22N2O6S2/c1-5-31-23(29)17-15(21(27)25(3)19(17)13-9-7-11-33-13)16-18(24(30)32-6-2)20(26(4)22(16)28)14-10-8-12-34-14/h7-12H,5-6H2,1-4H3/b16-15+. The number of carbonyl (C=O) groups excluding carboxylic acids is 4. The molecule has 0 aromatic carbocycles. The molecule has 0 fully saturated rings.